The minimum Gasteiger partial charge on any atom is -0.287 e. The molecule has 0 fully saturated rings. The van der Waals surface area contributed by atoms with Crippen molar-refractivity contribution in [2.45, 2.75) is 36.6 Å². The highest BCUT2D eigenvalue weighted by atomic mass is 32.2. The second-order valence-electron chi connectivity index (χ2n) is 6.76. The van der Waals surface area contributed by atoms with Crippen LogP contribution >= 0.6 is 11.8 Å². The van der Waals surface area contributed by atoms with Crippen LogP contribution in [0.25, 0.3) is 10.9 Å². The van der Waals surface area contributed by atoms with E-state index in [9.17, 15) is 28.1 Å². The van der Waals surface area contributed by atoms with Gasteiger partial charge in [-0.1, -0.05) is 37.7 Å². The largest absolute Gasteiger partial charge is 0.423 e. The van der Waals surface area contributed by atoms with E-state index in [1.807, 2.05) is 13.8 Å². The molecule has 0 amide bonds. The van der Waals surface area contributed by atoms with Crippen LogP contribution < -0.4 is 5.56 Å². The summed E-state index contributed by atoms with van der Waals surface area (Å²) >= 11 is 0.865. The van der Waals surface area contributed by atoms with Gasteiger partial charge in [-0.3, -0.25) is 19.5 Å². The van der Waals surface area contributed by atoms with E-state index in [1.165, 1.54) is 10.6 Å². The van der Waals surface area contributed by atoms with Crippen LogP contribution in [0.5, 0.6) is 0 Å². The van der Waals surface area contributed by atoms with E-state index in [4.69, 9.17) is 0 Å². The van der Waals surface area contributed by atoms with Crippen LogP contribution in [0.2, 0.25) is 0 Å². The summed E-state index contributed by atoms with van der Waals surface area (Å²) in [5, 5.41) is 11.6. The molecule has 3 rings (SSSR count). The summed E-state index contributed by atoms with van der Waals surface area (Å²) in [4.78, 5) is 27.3. The van der Waals surface area contributed by atoms with Gasteiger partial charge in [0, 0.05) is 17.5 Å². The number of hydrogen-bond acceptors (Lipinski definition) is 5. The van der Waals surface area contributed by atoms with Crippen LogP contribution in [-0.2, 0) is 12.7 Å². The number of rotatable bonds is 5. The third-order valence-electron chi connectivity index (χ3n) is 4.05. The lowest BCUT2D eigenvalue weighted by Crippen LogP contribution is -2.25. The van der Waals surface area contributed by atoms with Crippen LogP contribution in [0.15, 0.2) is 57.3 Å². The van der Waals surface area contributed by atoms with Crippen LogP contribution in [-0.4, -0.2) is 14.5 Å². The molecule has 0 unspecified atom stereocenters. The molecule has 0 saturated carbocycles. The second kappa shape index (κ2) is 7.86. The molecule has 0 radical (unpaired) electrons. The van der Waals surface area contributed by atoms with Gasteiger partial charge in [0.25, 0.3) is 11.2 Å². The molecule has 10 heteroatoms. The van der Waals surface area contributed by atoms with Crippen molar-refractivity contribution < 1.29 is 18.1 Å². The molecular weight excluding hydrogens is 407 g/mol. The number of aromatic nitrogens is 2. The highest BCUT2D eigenvalue weighted by Crippen LogP contribution is 2.39. The molecule has 2 aromatic carbocycles. The number of hydrogen-bond donors (Lipinski definition) is 0. The van der Waals surface area contributed by atoms with Crippen molar-refractivity contribution in [3.8, 4) is 0 Å². The van der Waals surface area contributed by atoms with Gasteiger partial charge < -0.3 is 0 Å². The Kier molecular flexibility index (Phi) is 5.65. The Balaban J connectivity index is 2.15. The topological polar surface area (TPSA) is 78.0 Å². The highest BCUT2D eigenvalue weighted by Gasteiger charge is 2.38. The minimum atomic E-state index is -4.88. The molecule has 1 aromatic heterocycles. The number of alkyl halides is 3. The molecule has 0 N–H and O–H groups in total. The van der Waals surface area contributed by atoms with Crippen molar-refractivity contribution in [2.75, 3.05) is 0 Å². The third-order valence-corrected chi connectivity index (χ3v) is 5.04. The van der Waals surface area contributed by atoms with Crippen molar-refractivity contribution in [3.05, 3.63) is 68.5 Å². The van der Waals surface area contributed by atoms with E-state index in [-0.39, 0.29) is 21.5 Å². The summed E-state index contributed by atoms with van der Waals surface area (Å²) in [6.07, 6.45) is -4.88. The lowest BCUT2D eigenvalue weighted by atomic mass is 10.2. The van der Waals surface area contributed by atoms with Gasteiger partial charge >= 0.3 is 6.18 Å². The van der Waals surface area contributed by atoms with Gasteiger partial charge in [0.1, 0.15) is 5.56 Å². The van der Waals surface area contributed by atoms with Crippen molar-refractivity contribution in [1.82, 2.24) is 9.55 Å². The number of nitrogens with zero attached hydrogens (tertiary/aromatic N) is 3. The molecule has 0 atom stereocenters. The van der Waals surface area contributed by atoms with Crippen molar-refractivity contribution >= 4 is 28.4 Å². The Hall–Kier alpha value is -2.88. The highest BCUT2D eigenvalue weighted by molar-refractivity contribution is 7.99. The van der Waals surface area contributed by atoms with Crippen LogP contribution in [0.1, 0.15) is 19.4 Å². The quantitative estimate of drug-likeness (QED) is 0.323. The Morgan fingerprint density at radius 2 is 1.90 bits per heavy atom. The first-order valence-corrected chi connectivity index (χ1v) is 9.42. The summed E-state index contributed by atoms with van der Waals surface area (Å²) in [5.74, 6) is 0.0950. The van der Waals surface area contributed by atoms with Gasteiger partial charge in [-0.15, -0.1) is 0 Å². The Morgan fingerprint density at radius 1 is 1.21 bits per heavy atom. The smallest absolute Gasteiger partial charge is 0.287 e. The van der Waals surface area contributed by atoms with Crippen molar-refractivity contribution in [2.24, 2.45) is 5.92 Å². The van der Waals surface area contributed by atoms with Gasteiger partial charge in [0.2, 0.25) is 0 Å². The summed E-state index contributed by atoms with van der Waals surface area (Å²) in [7, 11) is 0. The third kappa shape index (κ3) is 4.42. The molecule has 0 saturated heterocycles. The predicted molar refractivity (Wildman–Crippen MR) is 103 cm³/mol. The Morgan fingerprint density at radius 3 is 2.52 bits per heavy atom. The summed E-state index contributed by atoms with van der Waals surface area (Å²) < 4.78 is 41.2. The lowest BCUT2D eigenvalue weighted by Gasteiger charge is -2.15. The molecule has 0 aliphatic heterocycles. The van der Waals surface area contributed by atoms with Crippen LogP contribution in [0, 0.1) is 16.0 Å². The monoisotopic (exact) mass is 423 g/mol. The average molecular weight is 423 g/mol. The van der Waals surface area contributed by atoms with Gasteiger partial charge in [0.05, 0.1) is 15.8 Å². The maximum absolute atomic E-state index is 13.3. The molecule has 0 aliphatic carbocycles. The zero-order valence-corrected chi connectivity index (χ0v) is 16.3. The van der Waals surface area contributed by atoms with Crippen LogP contribution in [0.3, 0.4) is 0 Å². The molecule has 0 aliphatic rings. The predicted octanol–water partition coefficient (Wildman–Crippen LogP) is 5.13. The zero-order valence-electron chi connectivity index (χ0n) is 15.4. The number of fused-ring (bicyclic) bond motifs is 1. The average Bonchev–Trinajstić information content (AvgIpc) is 2.64. The maximum atomic E-state index is 13.3. The van der Waals surface area contributed by atoms with Crippen molar-refractivity contribution in [1.29, 1.82) is 0 Å². The fraction of sp³-hybridized carbons (Fsp3) is 0.263. The minimum absolute atomic E-state index is 0.0950. The normalized spacial score (nSPS) is 11.9. The second-order valence-corrected chi connectivity index (χ2v) is 7.80. The number of benzene rings is 2. The molecular formula is C19H16F3N3O3S. The lowest BCUT2D eigenvalue weighted by molar-refractivity contribution is -0.388. The van der Waals surface area contributed by atoms with E-state index >= 15 is 0 Å². The van der Waals surface area contributed by atoms with E-state index in [2.05, 4.69) is 4.98 Å². The van der Waals surface area contributed by atoms with Gasteiger partial charge in [-0.2, -0.15) is 13.2 Å². The summed E-state index contributed by atoms with van der Waals surface area (Å²) in [5.41, 5.74) is -2.22. The number of nitro benzene ring substituents is 1. The van der Waals surface area contributed by atoms with E-state index in [0.717, 1.165) is 17.8 Å². The first-order valence-electron chi connectivity index (χ1n) is 8.61. The molecule has 1 heterocycles. The standard InChI is InChI=1S/C19H16F3N3O3S/c1-11(2)10-24-17(26)13-5-3-4-6-15(13)23-18(24)29-12-7-8-16(25(27)28)14(9-12)19(20,21)22/h3-9,11H,10H2,1-2H3. The fourth-order valence-electron chi connectivity index (χ4n) is 2.82. The first-order chi connectivity index (χ1) is 13.6. The fourth-order valence-corrected chi connectivity index (χ4v) is 3.76. The summed E-state index contributed by atoms with van der Waals surface area (Å²) in [6, 6.07) is 9.47. The van der Waals surface area contributed by atoms with E-state index in [1.54, 1.807) is 24.3 Å². The molecule has 3 aromatic rings. The number of nitro groups is 1. The Bertz CT molecular complexity index is 1140. The van der Waals surface area contributed by atoms with Crippen molar-refractivity contribution in [3.63, 3.8) is 0 Å². The van der Waals surface area contributed by atoms with E-state index in [0.29, 0.717) is 23.5 Å². The molecule has 6 nitrogen and oxygen atoms in total. The zero-order chi connectivity index (χ0) is 21.3. The number of halogens is 3. The van der Waals surface area contributed by atoms with Gasteiger partial charge in [-0.25, -0.2) is 4.98 Å². The molecule has 29 heavy (non-hydrogen) atoms. The molecule has 0 bridgehead atoms. The van der Waals surface area contributed by atoms with E-state index < -0.39 is 22.4 Å². The number of para-hydroxylation sites is 1. The summed E-state index contributed by atoms with van der Waals surface area (Å²) in [6.45, 7) is 4.14. The Labute approximate surface area is 167 Å². The van der Waals surface area contributed by atoms with Gasteiger partial charge in [-0.05, 0) is 30.2 Å². The SMILES string of the molecule is CC(C)Cn1c(Sc2ccc([N+](=O)[O-])c(C(F)(F)F)c2)nc2ccccc2c1=O. The first kappa shape index (κ1) is 20.8. The maximum Gasteiger partial charge on any atom is 0.423 e. The molecule has 152 valence electrons. The van der Waals surface area contributed by atoms with Gasteiger partial charge in [0.15, 0.2) is 5.16 Å². The molecule has 0 spiro atoms. The van der Waals surface area contributed by atoms with Crippen LogP contribution in [0.4, 0.5) is 18.9 Å².